The molecule has 1 fully saturated rings. The fourth-order valence-corrected chi connectivity index (χ4v) is 2.68. The molecule has 3 rings (SSSR count). The van der Waals surface area contributed by atoms with Crippen LogP contribution in [0.25, 0.3) is 10.9 Å². The van der Waals surface area contributed by atoms with E-state index in [0.717, 1.165) is 23.3 Å². The van der Waals surface area contributed by atoms with Crippen LogP contribution in [0.2, 0.25) is 0 Å². The molecule has 1 saturated heterocycles. The van der Waals surface area contributed by atoms with Crippen LogP contribution >= 0.6 is 0 Å². The van der Waals surface area contributed by atoms with Crippen molar-refractivity contribution in [2.75, 3.05) is 24.7 Å². The lowest BCUT2D eigenvalue weighted by Gasteiger charge is -2.43. The molecule has 0 bridgehead atoms. The number of pyridine rings is 1. The number of nitriles is 1. The highest BCUT2D eigenvalue weighted by Gasteiger charge is 2.31. The molecule has 4 nitrogen and oxygen atoms in total. The number of fused-ring (bicyclic) bond motifs is 1. The fraction of sp³-hybridized carbons (Fsp3) is 0.375. The number of para-hydroxylation sites is 1. The lowest BCUT2D eigenvalue weighted by molar-refractivity contribution is 0.0639. The monoisotopic (exact) mass is 267 g/mol. The van der Waals surface area contributed by atoms with Gasteiger partial charge >= 0.3 is 0 Å². The van der Waals surface area contributed by atoms with Crippen LogP contribution in [0.1, 0.15) is 19.4 Å². The molecule has 2 heterocycles. The molecule has 102 valence electrons. The molecule has 0 amide bonds. The van der Waals surface area contributed by atoms with E-state index in [1.165, 1.54) is 0 Å². The molecule has 0 N–H and O–H groups in total. The number of ether oxygens (including phenoxy) is 1. The summed E-state index contributed by atoms with van der Waals surface area (Å²) in [4.78, 5) is 6.95. The van der Waals surface area contributed by atoms with Gasteiger partial charge in [-0.1, -0.05) is 18.2 Å². The topological polar surface area (TPSA) is 49.1 Å². The summed E-state index contributed by atoms with van der Waals surface area (Å²) in [5, 5.41) is 10.3. The third kappa shape index (κ3) is 2.10. The van der Waals surface area contributed by atoms with Crippen molar-refractivity contribution in [3.05, 3.63) is 35.9 Å². The van der Waals surface area contributed by atoms with Crippen LogP contribution in [-0.2, 0) is 4.74 Å². The van der Waals surface area contributed by atoms with Gasteiger partial charge in [0.2, 0.25) is 0 Å². The first kappa shape index (κ1) is 12.9. The number of aromatic nitrogens is 1. The Hall–Kier alpha value is -2.12. The summed E-state index contributed by atoms with van der Waals surface area (Å²) in [6, 6.07) is 11.9. The van der Waals surface area contributed by atoms with E-state index >= 15 is 0 Å². The first-order valence-electron chi connectivity index (χ1n) is 6.77. The van der Waals surface area contributed by atoms with Crippen molar-refractivity contribution >= 4 is 16.7 Å². The SMILES string of the molecule is CC1(C)COCCN1c1cc(C#N)c2ccccc2n1. The average molecular weight is 267 g/mol. The summed E-state index contributed by atoms with van der Waals surface area (Å²) in [6.45, 7) is 6.43. The second-order valence-corrected chi connectivity index (χ2v) is 5.67. The smallest absolute Gasteiger partial charge is 0.131 e. The average Bonchev–Trinajstić information content (AvgIpc) is 2.45. The Balaban J connectivity index is 2.15. The zero-order valence-electron chi connectivity index (χ0n) is 11.8. The molecule has 1 aliphatic rings. The van der Waals surface area contributed by atoms with Crippen molar-refractivity contribution in [1.29, 1.82) is 5.26 Å². The first-order chi connectivity index (χ1) is 9.62. The maximum atomic E-state index is 9.37. The molecule has 0 spiro atoms. The standard InChI is InChI=1S/C16H17N3O/c1-16(2)11-20-8-7-19(16)15-9-12(10-17)13-5-3-4-6-14(13)18-15/h3-6,9H,7-8,11H2,1-2H3. The minimum absolute atomic E-state index is 0.111. The van der Waals surface area contributed by atoms with E-state index in [2.05, 4.69) is 24.8 Å². The van der Waals surface area contributed by atoms with Crippen molar-refractivity contribution < 1.29 is 4.74 Å². The Labute approximate surface area is 118 Å². The predicted molar refractivity (Wildman–Crippen MR) is 78.7 cm³/mol. The fourth-order valence-electron chi connectivity index (χ4n) is 2.68. The van der Waals surface area contributed by atoms with Crippen LogP contribution in [0.5, 0.6) is 0 Å². The van der Waals surface area contributed by atoms with E-state index in [9.17, 15) is 5.26 Å². The summed E-state index contributed by atoms with van der Waals surface area (Å²) in [7, 11) is 0. The summed E-state index contributed by atoms with van der Waals surface area (Å²) < 4.78 is 5.55. The molecular formula is C16H17N3O. The largest absolute Gasteiger partial charge is 0.377 e. The van der Waals surface area contributed by atoms with Gasteiger partial charge in [0.1, 0.15) is 5.82 Å². The van der Waals surface area contributed by atoms with Crippen LogP contribution in [0, 0.1) is 11.3 Å². The Kier molecular flexibility index (Phi) is 3.07. The van der Waals surface area contributed by atoms with Crippen molar-refractivity contribution in [1.82, 2.24) is 4.98 Å². The van der Waals surface area contributed by atoms with Gasteiger partial charge in [-0.05, 0) is 26.0 Å². The minimum Gasteiger partial charge on any atom is -0.377 e. The number of hydrogen-bond donors (Lipinski definition) is 0. The van der Waals surface area contributed by atoms with E-state index in [-0.39, 0.29) is 5.54 Å². The van der Waals surface area contributed by atoms with Crippen LogP contribution in [0.4, 0.5) is 5.82 Å². The van der Waals surface area contributed by atoms with Crippen molar-refractivity contribution in [2.24, 2.45) is 0 Å². The summed E-state index contributed by atoms with van der Waals surface area (Å²) in [6.07, 6.45) is 0. The van der Waals surface area contributed by atoms with Gasteiger partial charge in [-0.3, -0.25) is 0 Å². The highest BCUT2D eigenvalue weighted by atomic mass is 16.5. The third-order valence-electron chi connectivity index (χ3n) is 3.74. The molecule has 1 aromatic heterocycles. The Morgan fingerprint density at radius 1 is 1.35 bits per heavy atom. The lowest BCUT2D eigenvalue weighted by Crippen LogP contribution is -2.53. The predicted octanol–water partition coefficient (Wildman–Crippen LogP) is 2.72. The van der Waals surface area contributed by atoms with Gasteiger partial charge < -0.3 is 9.64 Å². The van der Waals surface area contributed by atoms with E-state index < -0.39 is 0 Å². The van der Waals surface area contributed by atoms with Crippen molar-refractivity contribution in [2.45, 2.75) is 19.4 Å². The number of anilines is 1. The zero-order valence-corrected chi connectivity index (χ0v) is 11.8. The second-order valence-electron chi connectivity index (χ2n) is 5.67. The molecule has 2 aromatic rings. The molecule has 4 heteroatoms. The van der Waals surface area contributed by atoms with Gasteiger partial charge in [0.25, 0.3) is 0 Å². The number of benzene rings is 1. The van der Waals surface area contributed by atoms with Crippen molar-refractivity contribution in [3.63, 3.8) is 0 Å². The van der Waals surface area contributed by atoms with E-state index in [1.807, 2.05) is 30.3 Å². The highest BCUT2D eigenvalue weighted by molar-refractivity contribution is 5.86. The number of nitrogens with zero attached hydrogens (tertiary/aromatic N) is 3. The quantitative estimate of drug-likeness (QED) is 0.797. The number of rotatable bonds is 1. The lowest BCUT2D eigenvalue weighted by atomic mass is 10.0. The molecule has 1 aliphatic heterocycles. The van der Waals surface area contributed by atoms with Crippen LogP contribution in [0.15, 0.2) is 30.3 Å². The van der Waals surface area contributed by atoms with Crippen LogP contribution in [-0.4, -0.2) is 30.3 Å². The maximum absolute atomic E-state index is 9.37. The normalized spacial score (nSPS) is 17.9. The Morgan fingerprint density at radius 3 is 2.90 bits per heavy atom. The molecule has 1 aromatic carbocycles. The van der Waals surface area contributed by atoms with Gasteiger partial charge in [-0.15, -0.1) is 0 Å². The van der Waals surface area contributed by atoms with Crippen molar-refractivity contribution in [3.8, 4) is 6.07 Å². The molecular weight excluding hydrogens is 250 g/mol. The maximum Gasteiger partial charge on any atom is 0.131 e. The number of hydrogen-bond acceptors (Lipinski definition) is 4. The van der Waals surface area contributed by atoms with E-state index in [4.69, 9.17) is 9.72 Å². The third-order valence-corrected chi connectivity index (χ3v) is 3.74. The van der Waals surface area contributed by atoms with Crippen LogP contribution < -0.4 is 4.90 Å². The first-order valence-corrected chi connectivity index (χ1v) is 6.77. The molecule has 0 saturated carbocycles. The highest BCUT2D eigenvalue weighted by Crippen LogP contribution is 2.29. The van der Waals surface area contributed by atoms with Gasteiger partial charge in [0.15, 0.2) is 0 Å². The second kappa shape index (κ2) is 4.77. The number of morpholine rings is 1. The Bertz CT molecular complexity index is 688. The molecule has 0 radical (unpaired) electrons. The van der Waals surface area contributed by atoms with Gasteiger partial charge in [0, 0.05) is 11.9 Å². The summed E-state index contributed by atoms with van der Waals surface area (Å²) >= 11 is 0. The van der Waals surface area contributed by atoms with Crippen LogP contribution in [0.3, 0.4) is 0 Å². The minimum atomic E-state index is -0.111. The molecule has 0 aliphatic carbocycles. The molecule has 0 unspecified atom stereocenters. The molecule has 20 heavy (non-hydrogen) atoms. The zero-order chi connectivity index (χ0) is 14.2. The van der Waals surface area contributed by atoms with Gasteiger partial charge in [-0.25, -0.2) is 4.98 Å². The summed E-state index contributed by atoms with van der Waals surface area (Å²) in [5.74, 6) is 0.855. The van der Waals surface area contributed by atoms with E-state index in [1.54, 1.807) is 0 Å². The molecule has 0 atom stereocenters. The Morgan fingerprint density at radius 2 is 2.15 bits per heavy atom. The summed E-state index contributed by atoms with van der Waals surface area (Å²) in [5.41, 5.74) is 1.43. The van der Waals surface area contributed by atoms with Gasteiger partial charge in [-0.2, -0.15) is 5.26 Å². The van der Waals surface area contributed by atoms with E-state index in [0.29, 0.717) is 18.8 Å². The van der Waals surface area contributed by atoms with Gasteiger partial charge in [0.05, 0.1) is 35.9 Å².